The number of carbonyl (C=O) groups is 1. The minimum Gasteiger partial charge on any atom is -0.310 e. The molecule has 0 fully saturated rings. The first-order valence-corrected chi connectivity index (χ1v) is 7.78. The van der Waals surface area contributed by atoms with Crippen LogP contribution < -0.4 is 5.32 Å². The molecule has 1 aromatic carbocycles. The van der Waals surface area contributed by atoms with E-state index in [1.165, 1.54) is 5.56 Å². The summed E-state index contributed by atoms with van der Waals surface area (Å²) in [5.41, 5.74) is 3.43. The van der Waals surface area contributed by atoms with Crippen molar-refractivity contribution in [3.8, 4) is 0 Å². The molecular weight excluding hydrogens is 272 g/mol. The maximum atomic E-state index is 12.5. The van der Waals surface area contributed by atoms with Gasteiger partial charge in [-0.25, -0.2) is 4.98 Å². The zero-order valence-corrected chi connectivity index (χ0v) is 13.8. The molecule has 22 heavy (non-hydrogen) atoms. The van der Waals surface area contributed by atoms with Crippen molar-refractivity contribution >= 4 is 11.7 Å². The van der Waals surface area contributed by atoms with Crippen molar-refractivity contribution < 1.29 is 4.79 Å². The molecule has 0 aliphatic rings. The molecule has 1 amide bonds. The number of amides is 1. The summed E-state index contributed by atoms with van der Waals surface area (Å²) in [6, 6.07) is 12.0. The van der Waals surface area contributed by atoms with E-state index in [1.54, 1.807) is 6.20 Å². The Balaban J connectivity index is 2.17. The molecule has 0 bridgehead atoms. The Morgan fingerprint density at radius 3 is 2.59 bits per heavy atom. The summed E-state index contributed by atoms with van der Waals surface area (Å²) >= 11 is 0. The lowest BCUT2D eigenvalue weighted by atomic mass is 9.90. The van der Waals surface area contributed by atoms with Crippen molar-refractivity contribution in [1.82, 2.24) is 4.98 Å². The SMILES string of the molecule is Cc1ccnc(NC(=O)[C@@H](C)c2ccccc2CC(C)C)c1. The van der Waals surface area contributed by atoms with Gasteiger partial charge in [0.15, 0.2) is 0 Å². The molecule has 3 nitrogen and oxygen atoms in total. The molecule has 3 heteroatoms. The lowest BCUT2D eigenvalue weighted by molar-refractivity contribution is -0.117. The highest BCUT2D eigenvalue weighted by Gasteiger charge is 2.19. The van der Waals surface area contributed by atoms with Gasteiger partial charge >= 0.3 is 0 Å². The van der Waals surface area contributed by atoms with Gasteiger partial charge in [0.1, 0.15) is 5.82 Å². The average molecular weight is 296 g/mol. The Labute approximate surface area is 132 Å². The second kappa shape index (κ2) is 7.21. The third-order valence-corrected chi connectivity index (χ3v) is 3.71. The molecule has 0 unspecified atom stereocenters. The molecule has 1 atom stereocenters. The van der Waals surface area contributed by atoms with Gasteiger partial charge < -0.3 is 5.32 Å². The number of nitrogens with one attached hydrogen (secondary N) is 1. The quantitative estimate of drug-likeness (QED) is 0.892. The first-order valence-electron chi connectivity index (χ1n) is 7.78. The van der Waals surface area contributed by atoms with Crippen LogP contribution in [-0.2, 0) is 11.2 Å². The summed E-state index contributed by atoms with van der Waals surface area (Å²) in [7, 11) is 0. The van der Waals surface area contributed by atoms with Crippen LogP contribution in [0.2, 0.25) is 0 Å². The number of hydrogen-bond acceptors (Lipinski definition) is 2. The van der Waals surface area contributed by atoms with Crippen LogP contribution in [0.25, 0.3) is 0 Å². The lowest BCUT2D eigenvalue weighted by Crippen LogP contribution is -2.20. The number of anilines is 1. The number of hydrogen-bond donors (Lipinski definition) is 1. The molecule has 0 spiro atoms. The highest BCUT2D eigenvalue weighted by molar-refractivity contribution is 5.95. The molecule has 0 radical (unpaired) electrons. The average Bonchev–Trinajstić information content (AvgIpc) is 2.46. The standard InChI is InChI=1S/C19H24N2O/c1-13(2)11-16-7-5-6-8-17(16)15(4)19(22)21-18-12-14(3)9-10-20-18/h5-10,12-13,15H,11H2,1-4H3,(H,20,21,22)/t15-/m0/s1. The first kappa shape index (κ1) is 16.2. The van der Waals surface area contributed by atoms with E-state index in [4.69, 9.17) is 0 Å². The van der Waals surface area contributed by atoms with Gasteiger partial charge in [0.2, 0.25) is 5.91 Å². The Kier molecular flexibility index (Phi) is 5.31. The van der Waals surface area contributed by atoms with Gasteiger partial charge in [-0.05, 0) is 55.0 Å². The van der Waals surface area contributed by atoms with Crippen molar-refractivity contribution in [1.29, 1.82) is 0 Å². The van der Waals surface area contributed by atoms with Gasteiger partial charge in [0.25, 0.3) is 0 Å². The second-order valence-corrected chi connectivity index (χ2v) is 6.23. The van der Waals surface area contributed by atoms with Crippen LogP contribution in [-0.4, -0.2) is 10.9 Å². The van der Waals surface area contributed by atoms with Gasteiger partial charge in [-0.3, -0.25) is 4.79 Å². The minimum absolute atomic E-state index is 0.0192. The van der Waals surface area contributed by atoms with E-state index in [-0.39, 0.29) is 11.8 Å². The summed E-state index contributed by atoms with van der Waals surface area (Å²) in [6.45, 7) is 8.32. The van der Waals surface area contributed by atoms with Crippen LogP contribution in [0, 0.1) is 12.8 Å². The number of pyridine rings is 1. The predicted molar refractivity (Wildman–Crippen MR) is 91.0 cm³/mol. The maximum Gasteiger partial charge on any atom is 0.232 e. The lowest BCUT2D eigenvalue weighted by Gasteiger charge is -2.17. The van der Waals surface area contributed by atoms with E-state index in [9.17, 15) is 4.79 Å². The fraction of sp³-hybridized carbons (Fsp3) is 0.368. The normalized spacial score (nSPS) is 12.2. The number of aryl methyl sites for hydroxylation is 1. The van der Waals surface area contributed by atoms with Crippen molar-refractivity contribution in [2.45, 2.75) is 40.0 Å². The van der Waals surface area contributed by atoms with E-state index in [2.05, 4.69) is 30.2 Å². The molecule has 0 saturated carbocycles. The molecule has 0 aliphatic carbocycles. The minimum atomic E-state index is -0.197. The molecule has 1 heterocycles. The van der Waals surface area contributed by atoms with Crippen LogP contribution in [0.1, 0.15) is 43.4 Å². The molecule has 0 aliphatic heterocycles. The van der Waals surface area contributed by atoms with Crippen LogP contribution >= 0.6 is 0 Å². The fourth-order valence-corrected chi connectivity index (χ4v) is 2.56. The Bertz CT molecular complexity index is 649. The van der Waals surface area contributed by atoms with E-state index >= 15 is 0 Å². The Morgan fingerprint density at radius 1 is 1.18 bits per heavy atom. The smallest absolute Gasteiger partial charge is 0.232 e. The van der Waals surface area contributed by atoms with E-state index in [0.29, 0.717) is 11.7 Å². The van der Waals surface area contributed by atoms with Crippen molar-refractivity contribution in [2.24, 2.45) is 5.92 Å². The predicted octanol–water partition coefficient (Wildman–Crippen LogP) is 4.33. The van der Waals surface area contributed by atoms with E-state index in [1.807, 2.05) is 44.2 Å². The van der Waals surface area contributed by atoms with Crippen molar-refractivity contribution in [3.05, 3.63) is 59.3 Å². The van der Waals surface area contributed by atoms with Crippen molar-refractivity contribution in [2.75, 3.05) is 5.32 Å². The molecular formula is C19H24N2O. The monoisotopic (exact) mass is 296 g/mol. The Morgan fingerprint density at radius 2 is 1.91 bits per heavy atom. The molecule has 116 valence electrons. The van der Waals surface area contributed by atoms with Gasteiger partial charge in [-0.2, -0.15) is 0 Å². The molecule has 2 rings (SSSR count). The zero-order valence-electron chi connectivity index (χ0n) is 13.8. The van der Waals surface area contributed by atoms with Crippen molar-refractivity contribution in [3.63, 3.8) is 0 Å². The van der Waals surface area contributed by atoms with E-state index < -0.39 is 0 Å². The van der Waals surface area contributed by atoms with E-state index in [0.717, 1.165) is 17.5 Å². The first-order chi connectivity index (χ1) is 10.5. The largest absolute Gasteiger partial charge is 0.310 e. The third-order valence-electron chi connectivity index (χ3n) is 3.71. The van der Waals surface area contributed by atoms with Gasteiger partial charge in [-0.15, -0.1) is 0 Å². The van der Waals surface area contributed by atoms with Gasteiger partial charge in [-0.1, -0.05) is 38.1 Å². The molecule has 1 N–H and O–H groups in total. The highest BCUT2D eigenvalue weighted by atomic mass is 16.1. The van der Waals surface area contributed by atoms with Gasteiger partial charge in [0.05, 0.1) is 5.92 Å². The number of rotatable bonds is 5. The van der Waals surface area contributed by atoms with Crippen LogP contribution in [0.4, 0.5) is 5.82 Å². The molecule has 0 saturated heterocycles. The Hall–Kier alpha value is -2.16. The second-order valence-electron chi connectivity index (χ2n) is 6.23. The number of nitrogens with zero attached hydrogens (tertiary/aromatic N) is 1. The summed E-state index contributed by atoms with van der Waals surface area (Å²) in [5.74, 6) is 0.958. The summed E-state index contributed by atoms with van der Waals surface area (Å²) in [4.78, 5) is 16.7. The molecule has 1 aromatic heterocycles. The number of benzene rings is 1. The topological polar surface area (TPSA) is 42.0 Å². The summed E-state index contributed by atoms with van der Waals surface area (Å²) in [5, 5.41) is 2.91. The number of aromatic nitrogens is 1. The number of carbonyl (C=O) groups excluding carboxylic acids is 1. The highest BCUT2D eigenvalue weighted by Crippen LogP contribution is 2.23. The summed E-state index contributed by atoms with van der Waals surface area (Å²) < 4.78 is 0. The zero-order chi connectivity index (χ0) is 16.1. The fourth-order valence-electron chi connectivity index (χ4n) is 2.56. The third kappa shape index (κ3) is 4.17. The maximum absolute atomic E-state index is 12.5. The van der Waals surface area contributed by atoms with Crippen LogP contribution in [0.5, 0.6) is 0 Å². The molecule has 2 aromatic rings. The summed E-state index contributed by atoms with van der Waals surface area (Å²) in [6.07, 6.45) is 2.69. The van der Waals surface area contributed by atoms with Gasteiger partial charge in [0, 0.05) is 6.20 Å². The van der Waals surface area contributed by atoms with Crippen LogP contribution in [0.15, 0.2) is 42.6 Å². The van der Waals surface area contributed by atoms with Crippen LogP contribution in [0.3, 0.4) is 0 Å².